The highest BCUT2D eigenvalue weighted by molar-refractivity contribution is 5.74. The first-order valence-corrected chi connectivity index (χ1v) is 8.80. The number of amides is 2. The second-order valence-electron chi connectivity index (χ2n) is 6.60. The van der Waals surface area contributed by atoms with Crippen LogP contribution in [0.15, 0.2) is 42.5 Å². The molecule has 6 heteroatoms. The molecule has 2 aromatic carbocycles. The maximum absolute atomic E-state index is 12.4. The largest absolute Gasteiger partial charge is 0.497 e. The van der Waals surface area contributed by atoms with Gasteiger partial charge in [0.15, 0.2) is 11.5 Å². The van der Waals surface area contributed by atoms with Crippen molar-refractivity contribution in [2.45, 2.75) is 25.4 Å². The van der Waals surface area contributed by atoms with Crippen LogP contribution >= 0.6 is 0 Å². The SMILES string of the molecule is COc1ccc(C(NC(=O)NCc2ccc3c(c2)OCO3)C2CC2)cc1. The molecule has 26 heavy (non-hydrogen) atoms. The number of urea groups is 1. The summed E-state index contributed by atoms with van der Waals surface area (Å²) in [5.41, 5.74) is 2.07. The van der Waals surface area contributed by atoms with Crippen LogP contribution in [0.1, 0.15) is 30.0 Å². The van der Waals surface area contributed by atoms with Crippen molar-refractivity contribution < 1.29 is 19.0 Å². The highest BCUT2D eigenvalue weighted by Crippen LogP contribution is 2.41. The van der Waals surface area contributed by atoms with Crippen LogP contribution in [-0.2, 0) is 6.54 Å². The number of methoxy groups -OCH3 is 1. The smallest absolute Gasteiger partial charge is 0.315 e. The molecule has 2 N–H and O–H groups in total. The quantitative estimate of drug-likeness (QED) is 0.834. The Kier molecular flexibility index (Phi) is 4.56. The molecule has 0 bridgehead atoms. The number of carbonyl (C=O) groups is 1. The summed E-state index contributed by atoms with van der Waals surface area (Å²) in [6.07, 6.45) is 2.28. The van der Waals surface area contributed by atoms with E-state index in [2.05, 4.69) is 10.6 Å². The summed E-state index contributed by atoms with van der Waals surface area (Å²) in [5.74, 6) is 2.78. The lowest BCUT2D eigenvalue weighted by Crippen LogP contribution is -2.38. The molecule has 2 aliphatic rings. The van der Waals surface area contributed by atoms with Gasteiger partial charge in [-0.25, -0.2) is 4.79 Å². The second-order valence-corrected chi connectivity index (χ2v) is 6.60. The number of rotatable bonds is 6. The number of hydrogen-bond acceptors (Lipinski definition) is 4. The molecule has 1 atom stereocenters. The van der Waals surface area contributed by atoms with Gasteiger partial charge in [-0.1, -0.05) is 18.2 Å². The topological polar surface area (TPSA) is 68.8 Å². The number of carbonyl (C=O) groups excluding carboxylic acids is 1. The predicted octanol–water partition coefficient (Wildman–Crippen LogP) is 3.37. The zero-order chi connectivity index (χ0) is 17.9. The highest BCUT2D eigenvalue weighted by atomic mass is 16.7. The van der Waals surface area contributed by atoms with E-state index in [4.69, 9.17) is 14.2 Å². The van der Waals surface area contributed by atoms with Gasteiger partial charge in [-0.3, -0.25) is 0 Å². The predicted molar refractivity (Wildman–Crippen MR) is 96.4 cm³/mol. The van der Waals surface area contributed by atoms with Crippen LogP contribution in [0.4, 0.5) is 4.79 Å². The van der Waals surface area contributed by atoms with Crippen molar-refractivity contribution in [3.63, 3.8) is 0 Å². The summed E-state index contributed by atoms with van der Waals surface area (Å²) in [7, 11) is 1.65. The minimum absolute atomic E-state index is 0.0256. The molecule has 1 saturated carbocycles. The fourth-order valence-electron chi connectivity index (χ4n) is 3.14. The van der Waals surface area contributed by atoms with Crippen LogP contribution < -0.4 is 24.8 Å². The number of nitrogens with one attached hydrogen (secondary N) is 2. The van der Waals surface area contributed by atoms with E-state index in [0.29, 0.717) is 12.5 Å². The first-order valence-electron chi connectivity index (χ1n) is 8.80. The molecule has 1 fully saturated rings. The summed E-state index contributed by atoms with van der Waals surface area (Å²) < 4.78 is 15.9. The van der Waals surface area contributed by atoms with Gasteiger partial charge in [0.2, 0.25) is 6.79 Å². The molecule has 0 aromatic heterocycles. The van der Waals surface area contributed by atoms with Crippen LogP contribution in [0.25, 0.3) is 0 Å². The van der Waals surface area contributed by atoms with Crippen molar-refractivity contribution in [2.75, 3.05) is 13.9 Å². The minimum Gasteiger partial charge on any atom is -0.497 e. The number of fused-ring (bicyclic) bond motifs is 1. The first-order chi connectivity index (χ1) is 12.7. The Morgan fingerprint density at radius 2 is 1.92 bits per heavy atom. The minimum atomic E-state index is -0.171. The van der Waals surface area contributed by atoms with E-state index in [1.807, 2.05) is 42.5 Å². The summed E-state index contributed by atoms with van der Waals surface area (Å²) in [4.78, 5) is 12.4. The summed E-state index contributed by atoms with van der Waals surface area (Å²) in [5, 5.41) is 6.03. The Hall–Kier alpha value is -2.89. The molecule has 0 saturated heterocycles. The number of benzene rings is 2. The van der Waals surface area contributed by atoms with Gasteiger partial charge >= 0.3 is 6.03 Å². The van der Waals surface area contributed by atoms with Gasteiger partial charge in [-0.2, -0.15) is 0 Å². The van der Waals surface area contributed by atoms with Crippen LogP contribution in [0, 0.1) is 5.92 Å². The fourth-order valence-corrected chi connectivity index (χ4v) is 3.14. The van der Waals surface area contributed by atoms with E-state index in [0.717, 1.165) is 41.2 Å². The molecule has 0 spiro atoms. The summed E-state index contributed by atoms with van der Waals surface area (Å²) in [6, 6.07) is 13.4. The first kappa shape index (κ1) is 16.6. The van der Waals surface area contributed by atoms with Gasteiger partial charge in [0.1, 0.15) is 5.75 Å². The van der Waals surface area contributed by atoms with E-state index < -0.39 is 0 Å². The molecule has 2 aromatic rings. The van der Waals surface area contributed by atoms with Crippen molar-refractivity contribution in [2.24, 2.45) is 5.92 Å². The van der Waals surface area contributed by atoms with Gasteiger partial charge in [0.25, 0.3) is 0 Å². The van der Waals surface area contributed by atoms with Gasteiger partial charge < -0.3 is 24.8 Å². The van der Waals surface area contributed by atoms with Gasteiger partial charge in [0, 0.05) is 6.54 Å². The van der Waals surface area contributed by atoms with E-state index in [9.17, 15) is 4.79 Å². The van der Waals surface area contributed by atoms with E-state index in [-0.39, 0.29) is 18.9 Å². The van der Waals surface area contributed by atoms with Crippen molar-refractivity contribution >= 4 is 6.03 Å². The third-order valence-corrected chi connectivity index (χ3v) is 4.74. The average Bonchev–Trinajstić information content (AvgIpc) is 3.41. The maximum Gasteiger partial charge on any atom is 0.315 e. The van der Waals surface area contributed by atoms with Crippen LogP contribution in [-0.4, -0.2) is 19.9 Å². The fraction of sp³-hybridized carbons (Fsp3) is 0.350. The van der Waals surface area contributed by atoms with Crippen molar-refractivity contribution in [3.05, 3.63) is 53.6 Å². The molecule has 0 radical (unpaired) electrons. The highest BCUT2D eigenvalue weighted by Gasteiger charge is 2.33. The van der Waals surface area contributed by atoms with Crippen molar-refractivity contribution in [1.29, 1.82) is 0 Å². The van der Waals surface area contributed by atoms with E-state index >= 15 is 0 Å². The molecule has 2 amide bonds. The Bertz CT molecular complexity index is 787. The molecule has 4 rings (SSSR count). The molecule has 1 aliphatic carbocycles. The zero-order valence-electron chi connectivity index (χ0n) is 14.7. The Labute approximate surface area is 152 Å². The molecular formula is C20H22N2O4. The zero-order valence-corrected chi connectivity index (χ0v) is 14.7. The number of ether oxygens (including phenoxy) is 3. The Morgan fingerprint density at radius 1 is 1.15 bits per heavy atom. The summed E-state index contributed by atoms with van der Waals surface area (Å²) >= 11 is 0. The standard InChI is InChI=1S/C20H22N2O4/c1-24-16-7-5-15(6-8-16)19(14-3-4-14)22-20(23)21-11-13-2-9-17-18(10-13)26-12-25-17/h2,5-10,14,19H,3-4,11-12H2,1H3,(H2,21,22,23). The molecule has 1 heterocycles. The van der Waals surface area contributed by atoms with Crippen molar-refractivity contribution in [1.82, 2.24) is 10.6 Å². The molecule has 6 nitrogen and oxygen atoms in total. The average molecular weight is 354 g/mol. The molecule has 136 valence electrons. The lowest BCUT2D eigenvalue weighted by Gasteiger charge is -2.19. The maximum atomic E-state index is 12.4. The van der Waals surface area contributed by atoms with Crippen molar-refractivity contribution in [3.8, 4) is 17.2 Å². The third kappa shape index (κ3) is 3.69. The van der Waals surface area contributed by atoms with Crippen LogP contribution in [0.2, 0.25) is 0 Å². The van der Waals surface area contributed by atoms with E-state index in [1.165, 1.54) is 0 Å². The second kappa shape index (κ2) is 7.15. The van der Waals surface area contributed by atoms with Gasteiger partial charge in [-0.15, -0.1) is 0 Å². The lowest BCUT2D eigenvalue weighted by molar-refractivity contribution is 0.174. The number of hydrogen-bond donors (Lipinski definition) is 2. The molecule has 1 unspecified atom stereocenters. The van der Waals surface area contributed by atoms with Gasteiger partial charge in [0.05, 0.1) is 13.2 Å². The Balaban J connectivity index is 1.36. The Morgan fingerprint density at radius 3 is 2.65 bits per heavy atom. The van der Waals surface area contributed by atoms with Crippen LogP contribution in [0.3, 0.4) is 0 Å². The van der Waals surface area contributed by atoms with Gasteiger partial charge in [-0.05, 0) is 54.2 Å². The van der Waals surface area contributed by atoms with E-state index in [1.54, 1.807) is 7.11 Å². The lowest BCUT2D eigenvalue weighted by atomic mass is 10.0. The normalized spacial score (nSPS) is 16.0. The molecule has 1 aliphatic heterocycles. The summed E-state index contributed by atoms with van der Waals surface area (Å²) in [6.45, 7) is 0.681. The van der Waals surface area contributed by atoms with Crippen LogP contribution in [0.5, 0.6) is 17.2 Å². The molecular weight excluding hydrogens is 332 g/mol. The monoisotopic (exact) mass is 354 g/mol. The third-order valence-electron chi connectivity index (χ3n) is 4.74.